The van der Waals surface area contributed by atoms with E-state index >= 15 is 0 Å². The number of aliphatic imine (C=N–C) groups is 1. The van der Waals surface area contributed by atoms with Gasteiger partial charge in [-0.3, -0.25) is 14.7 Å². The predicted octanol–water partition coefficient (Wildman–Crippen LogP) is 0.513. The van der Waals surface area contributed by atoms with E-state index in [9.17, 15) is 18.4 Å². The molecule has 148 valence electrons. The van der Waals surface area contributed by atoms with E-state index in [2.05, 4.69) is 25.7 Å². The molecule has 0 bridgehead atoms. The summed E-state index contributed by atoms with van der Waals surface area (Å²) in [7, 11) is 3.00. The molecular formula is C16H21F2N5O4. The number of methoxy groups -OCH3 is 1. The third-order valence-electron chi connectivity index (χ3n) is 3.72. The third kappa shape index (κ3) is 5.69. The molecule has 1 aromatic carbocycles. The average molecular weight is 385 g/mol. The minimum absolute atomic E-state index is 0.00540. The van der Waals surface area contributed by atoms with Gasteiger partial charge in [-0.25, -0.2) is 4.79 Å². The normalized spacial score (nSPS) is 14.4. The van der Waals surface area contributed by atoms with Crippen LogP contribution in [0.25, 0.3) is 0 Å². The van der Waals surface area contributed by atoms with Crippen molar-refractivity contribution in [3.8, 4) is 11.5 Å². The SMILES string of the molecule is CN=C(NCCN1C(=O)CNC1=O)NCc1cc(OC)ccc1OC(F)F. The van der Waals surface area contributed by atoms with E-state index in [1.54, 1.807) is 6.07 Å². The molecular weight excluding hydrogens is 364 g/mol. The first kappa shape index (κ1) is 20.2. The number of hydrogen-bond acceptors (Lipinski definition) is 5. The standard InChI is InChI=1S/C16H21F2N5O4/c1-19-15(20-5-6-23-13(24)9-22-16(23)25)21-8-10-7-11(26-2)3-4-12(10)27-14(17)18/h3-4,7,14H,5-6,8-9H2,1-2H3,(H,22,25)(H2,19,20,21). The fourth-order valence-corrected chi connectivity index (χ4v) is 2.40. The van der Waals surface area contributed by atoms with Crippen LogP contribution in [0.2, 0.25) is 0 Å². The highest BCUT2D eigenvalue weighted by atomic mass is 19.3. The Morgan fingerprint density at radius 1 is 1.37 bits per heavy atom. The summed E-state index contributed by atoms with van der Waals surface area (Å²) in [5.74, 6) is 0.589. The van der Waals surface area contributed by atoms with E-state index in [1.165, 1.54) is 26.3 Å². The first-order valence-electron chi connectivity index (χ1n) is 8.09. The maximum absolute atomic E-state index is 12.6. The van der Waals surface area contributed by atoms with Gasteiger partial charge in [0.1, 0.15) is 11.5 Å². The van der Waals surface area contributed by atoms with Crippen LogP contribution in [0.4, 0.5) is 13.6 Å². The highest BCUT2D eigenvalue weighted by Gasteiger charge is 2.27. The van der Waals surface area contributed by atoms with Crippen LogP contribution in [-0.4, -0.2) is 63.2 Å². The first-order chi connectivity index (χ1) is 12.9. The maximum Gasteiger partial charge on any atom is 0.387 e. The number of rotatable bonds is 8. The van der Waals surface area contributed by atoms with E-state index in [1.807, 2.05) is 0 Å². The number of amides is 3. The molecule has 0 atom stereocenters. The number of urea groups is 1. The van der Waals surface area contributed by atoms with Gasteiger partial charge in [0.15, 0.2) is 5.96 Å². The van der Waals surface area contributed by atoms with Crippen molar-refractivity contribution in [3.05, 3.63) is 23.8 Å². The predicted molar refractivity (Wildman–Crippen MR) is 92.9 cm³/mol. The summed E-state index contributed by atoms with van der Waals surface area (Å²) in [5, 5.41) is 8.32. The zero-order valence-electron chi connectivity index (χ0n) is 14.9. The van der Waals surface area contributed by atoms with Gasteiger partial charge in [-0.05, 0) is 18.2 Å². The summed E-state index contributed by atoms with van der Waals surface area (Å²) in [6, 6.07) is 4.06. The third-order valence-corrected chi connectivity index (χ3v) is 3.72. The quantitative estimate of drug-likeness (QED) is 0.342. The monoisotopic (exact) mass is 385 g/mol. The Morgan fingerprint density at radius 2 is 2.15 bits per heavy atom. The molecule has 9 nitrogen and oxygen atoms in total. The number of imide groups is 1. The molecule has 0 saturated carbocycles. The highest BCUT2D eigenvalue weighted by Crippen LogP contribution is 2.25. The molecule has 1 saturated heterocycles. The number of benzene rings is 1. The Hall–Kier alpha value is -3.11. The summed E-state index contributed by atoms with van der Waals surface area (Å²) >= 11 is 0. The van der Waals surface area contributed by atoms with Crippen LogP contribution in [0, 0.1) is 0 Å². The van der Waals surface area contributed by atoms with Gasteiger partial charge in [0, 0.05) is 32.2 Å². The topological polar surface area (TPSA) is 104 Å². The minimum Gasteiger partial charge on any atom is -0.497 e. The van der Waals surface area contributed by atoms with Crippen molar-refractivity contribution in [2.45, 2.75) is 13.2 Å². The molecule has 0 aliphatic carbocycles. The van der Waals surface area contributed by atoms with Gasteiger partial charge in [0.2, 0.25) is 5.91 Å². The summed E-state index contributed by atoms with van der Waals surface area (Å²) in [6.45, 7) is -2.36. The molecule has 1 heterocycles. The van der Waals surface area contributed by atoms with Crippen molar-refractivity contribution in [1.82, 2.24) is 20.9 Å². The summed E-state index contributed by atoms with van der Waals surface area (Å²) in [5.41, 5.74) is 0.451. The summed E-state index contributed by atoms with van der Waals surface area (Å²) in [4.78, 5) is 28.1. The second kappa shape index (κ2) is 9.55. The summed E-state index contributed by atoms with van der Waals surface area (Å²) < 4.78 is 34.7. The van der Waals surface area contributed by atoms with Crippen molar-refractivity contribution < 1.29 is 27.8 Å². The molecule has 3 N–H and O–H groups in total. The van der Waals surface area contributed by atoms with Crippen LogP contribution in [0.5, 0.6) is 11.5 Å². The highest BCUT2D eigenvalue weighted by molar-refractivity contribution is 6.01. The van der Waals surface area contributed by atoms with Gasteiger partial charge in [-0.2, -0.15) is 8.78 Å². The largest absolute Gasteiger partial charge is 0.497 e. The number of guanidine groups is 1. The number of alkyl halides is 2. The zero-order valence-corrected chi connectivity index (χ0v) is 14.9. The maximum atomic E-state index is 12.6. The van der Waals surface area contributed by atoms with Crippen LogP contribution in [0.3, 0.4) is 0 Å². The molecule has 0 radical (unpaired) electrons. The second-order valence-corrected chi connectivity index (χ2v) is 5.41. The van der Waals surface area contributed by atoms with Gasteiger partial charge < -0.3 is 25.4 Å². The van der Waals surface area contributed by atoms with Gasteiger partial charge >= 0.3 is 12.6 Å². The molecule has 3 amide bonds. The number of hydrogen-bond donors (Lipinski definition) is 3. The van der Waals surface area contributed by atoms with Gasteiger partial charge in [0.05, 0.1) is 13.7 Å². The minimum atomic E-state index is -2.95. The van der Waals surface area contributed by atoms with Gasteiger partial charge in [-0.1, -0.05) is 0 Å². The van der Waals surface area contributed by atoms with Gasteiger partial charge in [0.25, 0.3) is 0 Å². The number of nitrogens with one attached hydrogen (secondary N) is 3. The molecule has 11 heteroatoms. The number of carbonyl (C=O) groups is 2. The molecule has 1 fully saturated rings. The number of halogens is 2. The van der Waals surface area contributed by atoms with Gasteiger partial charge in [-0.15, -0.1) is 0 Å². The smallest absolute Gasteiger partial charge is 0.387 e. The second-order valence-electron chi connectivity index (χ2n) is 5.41. The summed E-state index contributed by atoms with van der Waals surface area (Å²) in [6.07, 6.45) is 0. The Bertz CT molecular complexity index is 698. The zero-order chi connectivity index (χ0) is 19.8. The average Bonchev–Trinajstić information content (AvgIpc) is 2.96. The van der Waals surface area contributed by atoms with Crippen molar-refractivity contribution in [2.24, 2.45) is 4.99 Å². The van der Waals surface area contributed by atoms with Crippen molar-refractivity contribution in [3.63, 3.8) is 0 Å². The van der Waals surface area contributed by atoms with Crippen molar-refractivity contribution in [1.29, 1.82) is 0 Å². The van der Waals surface area contributed by atoms with E-state index in [4.69, 9.17) is 4.74 Å². The van der Waals surface area contributed by atoms with E-state index in [-0.39, 0.29) is 37.8 Å². The van der Waals surface area contributed by atoms with E-state index < -0.39 is 12.6 Å². The Balaban J connectivity index is 1.91. The van der Waals surface area contributed by atoms with Crippen molar-refractivity contribution >= 4 is 17.9 Å². The number of ether oxygens (including phenoxy) is 2. The molecule has 0 spiro atoms. The Morgan fingerprint density at radius 3 is 2.74 bits per heavy atom. The van der Waals surface area contributed by atoms with E-state index in [0.717, 1.165) is 4.90 Å². The van der Waals surface area contributed by atoms with Crippen molar-refractivity contribution in [2.75, 3.05) is 33.8 Å². The Kier molecular flexibility index (Phi) is 7.15. The fraction of sp³-hybridized carbons (Fsp3) is 0.438. The number of nitrogens with zero attached hydrogens (tertiary/aromatic N) is 2. The lowest BCUT2D eigenvalue weighted by Gasteiger charge is -2.17. The molecule has 27 heavy (non-hydrogen) atoms. The molecule has 1 aromatic rings. The van der Waals surface area contributed by atoms with E-state index in [0.29, 0.717) is 17.3 Å². The van der Waals surface area contributed by atoms with Crippen LogP contribution in [-0.2, 0) is 11.3 Å². The lowest BCUT2D eigenvalue weighted by atomic mass is 10.2. The Labute approximate surface area is 154 Å². The van der Waals surface area contributed by atoms with Crippen LogP contribution in [0.15, 0.2) is 23.2 Å². The molecule has 1 aliphatic heterocycles. The van der Waals surface area contributed by atoms with Crippen LogP contribution in [0.1, 0.15) is 5.56 Å². The van der Waals surface area contributed by atoms with Crippen LogP contribution >= 0.6 is 0 Å². The first-order valence-corrected chi connectivity index (χ1v) is 8.09. The molecule has 0 unspecified atom stereocenters. The molecule has 2 rings (SSSR count). The lowest BCUT2D eigenvalue weighted by Crippen LogP contribution is -2.43. The molecule has 0 aromatic heterocycles. The molecule has 1 aliphatic rings. The van der Waals surface area contributed by atoms with Crippen LogP contribution < -0.4 is 25.4 Å². The fourth-order valence-electron chi connectivity index (χ4n) is 2.40. The number of carbonyl (C=O) groups excluding carboxylic acids is 2. The lowest BCUT2D eigenvalue weighted by molar-refractivity contribution is -0.124.